The number of hydrogen-bond donors (Lipinski definition) is 0. The van der Waals surface area contributed by atoms with Crippen LogP contribution in [-0.4, -0.2) is 18.2 Å². The zero-order chi connectivity index (χ0) is 12.5. The van der Waals surface area contributed by atoms with Gasteiger partial charge >= 0.3 is 6.09 Å². The van der Waals surface area contributed by atoms with E-state index in [-0.39, 0.29) is 6.09 Å². The third kappa shape index (κ3) is 2.70. The Bertz CT molecular complexity index is 440. The van der Waals surface area contributed by atoms with Crippen molar-refractivity contribution < 1.29 is 13.9 Å². The number of ether oxygens (including phenoxy) is 1. The molecule has 92 valence electrons. The van der Waals surface area contributed by atoms with E-state index in [4.69, 9.17) is 9.15 Å². The topological polar surface area (TPSA) is 42.7 Å². The van der Waals surface area contributed by atoms with Crippen molar-refractivity contribution in [2.45, 2.75) is 32.8 Å². The minimum atomic E-state index is -0.489. The lowest BCUT2D eigenvalue weighted by Gasteiger charge is -2.25. The average molecular weight is 235 g/mol. The normalized spacial score (nSPS) is 15.4. The second-order valence-corrected chi connectivity index (χ2v) is 5.00. The number of nitrogens with zero attached hydrogens (tertiary/aromatic N) is 1. The van der Waals surface area contributed by atoms with E-state index in [2.05, 4.69) is 0 Å². The quantitative estimate of drug-likeness (QED) is 0.649. The summed E-state index contributed by atoms with van der Waals surface area (Å²) in [5.41, 5.74) is 0.307. The lowest BCUT2D eigenvalue weighted by atomic mass is 10.2. The van der Waals surface area contributed by atoms with Crippen LogP contribution < -0.4 is 4.90 Å². The summed E-state index contributed by atoms with van der Waals surface area (Å²) in [6, 6.07) is 1.80. The molecule has 4 nitrogen and oxygen atoms in total. The van der Waals surface area contributed by atoms with E-state index in [0.717, 1.165) is 11.4 Å². The highest BCUT2D eigenvalue weighted by molar-refractivity contribution is 5.89. The molecule has 0 aliphatic carbocycles. The molecule has 0 aromatic carbocycles. The number of allylic oxidation sites excluding steroid dienone is 1. The van der Waals surface area contributed by atoms with Gasteiger partial charge in [-0.05, 0) is 20.8 Å². The molecule has 0 radical (unpaired) electrons. The average Bonchev–Trinajstić information content (AvgIpc) is 2.55. The Kier molecular flexibility index (Phi) is 2.96. The Morgan fingerprint density at radius 2 is 2.18 bits per heavy atom. The minimum absolute atomic E-state index is 0.341. The molecule has 1 aliphatic heterocycles. The van der Waals surface area contributed by atoms with E-state index in [1.807, 2.05) is 32.9 Å². The zero-order valence-corrected chi connectivity index (χ0v) is 10.4. The van der Waals surface area contributed by atoms with Crippen LogP contribution in [0.3, 0.4) is 0 Å². The van der Waals surface area contributed by atoms with Crippen LogP contribution in [0.4, 0.5) is 10.5 Å². The molecule has 2 heterocycles. The first-order valence-corrected chi connectivity index (χ1v) is 5.69. The number of anilines is 1. The maximum Gasteiger partial charge on any atom is 0.415 e. The Hall–Kier alpha value is -1.71. The predicted octanol–water partition coefficient (Wildman–Crippen LogP) is 3.13. The van der Waals surface area contributed by atoms with Crippen LogP contribution in [0.15, 0.2) is 28.9 Å². The molecule has 0 atom stereocenters. The Morgan fingerprint density at radius 3 is 2.88 bits per heavy atom. The van der Waals surface area contributed by atoms with Crippen LogP contribution >= 0.6 is 0 Å². The number of hydrogen-bond acceptors (Lipinski definition) is 3. The first-order valence-electron chi connectivity index (χ1n) is 5.69. The smallest absolute Gasteiger partial charge is 0.415 e. The maximum atomic E-state index is 12.1. The van der Waals surface area contributed by atoms with E-state index in [1.54, 1.807) is 17.2 Å². The molecule has 0 saturated carbocycles. The molecule has 17 heavy (non-hydrogen) atoms. The molecule has 0 spiro atoms. The summed E-state index contributed by atoms with van der Waals surface area (Å²) in [5, 5.41) is 0. The molecule has 0 fully saturated rings. The molecule has 1 aromatic heterocycles. The first kappa shape index (κ1) is 11.8. The number of carbonyl (C=O) groups is 1. The van der Waals surface area contributed by atoms with E-state index in [1.165, 1.54) is 0 Å². The monoisotopic (exact) mass is 235 g/mol. The lowest BCUT2D eigenvalue weighted by molar-refractivity contribution is 0.0584. The van der Waals surface area contributed by atoms with Gasteiger partial charge in [0.1, 0.15) is 11.4 Å². The predicted molar refractivity (Wildman–Crippen MR) is 65.1 cm³/mol. The highest BCUT2D eigenvalue weighted by Crippen LogP contribution is 2.26. The van der Waals surface area contributed by atoms with Crippen molar-refractivity contribution in [3.63, 3.8) is 0 Å². The maximum absolute atomic E-state index is 12.1. The standard InChI is InChI=1S/C13H17NO3/c1-13(2,3)17-12(15)14-8-5-4-6-11-10(14)7-9-16-11/h4-5,7,9H,6,8H2,1-3H3. The largest absolute Gasteiger partial charge is 0.467 e. The Morgan fingerprint density at radius 1 is 1.41 bits per heavy atom. The van der Waals surface area contributed by atoms with Crippen molar-refractivity contribution in [3.8, 4) is 0 Å². The van der Waals surface area contributed by atoms with Gasteiger partial charge in [0.2, 0.25) is 0 Å². The van der Waals surface area contributed by atoms with E-state index in [0.29, 0.717) is 13.0 Å². The third-order valence-electron chi connectivity index (χ3n) is 2.38. The summed E-state index contributed by atoms with van der Waals surface area (Å²) < 4.78 is 10.7. The molecular weight excluding hydrogens is 218 g/mol. The second-order valence-electron chi connectivity index (χ2n) is 5.00. The number of furan rings is 1. The van der Waals surface area contributed by atoms with Gasteiger partial charge in [-0.25, -0.2) is 4.79 Å². The number of carbonyl (C=O) groups excluding carboxylic acids is 1. The fourth-order valence-corrected chi connectivity index (χ4v) is 1.69. The van der Waals surface area contributed by atoms with Gasteiger partial charge in [0.05, 0.1) is 12.0 Å². The van der Waals surface area contributed by atoms with Gasteiger partial charge in [0.25, 0.3) is 0 Å². The Labute approximate surface area is 101 Å². The van der Waals surface area contributed by atoms with Gasteiger partial charge in [0.15, 0.2) is 0 Å². The molecule has 1 aromatic rings. The van der Waals surface area contributed by atoms with Crippen molar-refractivity contribution >= 4 is 11.8 Å². The van der Waals surface area contributed by atoms with Crippen LogP contribution in [0, 0.1) is 0 Å². The molecule has 0 bridgehead atoms. The van der Waals surface area contributed by atoms with Crippen LogP contribution in [0.5, 0.6) is 0 Å². The highest BCUT2D eigenvalue weighted by atomic mass is 16.6. The van der Waals surface area contributed by atoms with E-state index in [9.17, 15) is 4.79 Å². The van der Waals surface area contributed by atoms with Gasteiger partial charge in [-0.2, -0.15) is 0 Å². The van der Waals surface area contributed by atoms with E-state index < -0.39 is 5.60 Å². The van der Waals surface area contributed by atoms with Gasteiger partial charge in [-0.3, -0.25) is 4.90 Å². The fraction of sp³-hybridized carbons (Fsp3) is 0.462. The molecule has 0 saturated heterocycles. The molecule has 2 rings (SSSR count). The van der Waals surface area contributed by atoms with Crippen molar-refractivity contribution in [2.24, 2.45) is 0 Å². The highest BCUT2D eigenvalue weighted by Gasteiger charge is 2.26. The zero-order valence-electron chi connectivity index (χ0n) is 10.4. The molecule has 0 N–H and O–H groups in total. The van der Waals surface area contributed by atoms with Gasteiger partial charge < -0.3 is 9.15 Å². The first-order chi connectivity index (χ1) is 7.97. The number of amides is 1. The number of rotatable bonds is 0. The third-order valence-corrected chi connectivity index (χ3v) is 2.38. The molecular formula is C13H17NO3. The van der Waals surface area contributed by atoms with E-state index >= 15 is 0 Å². The number of fused-ring (bicyclic) bond motifs is 1. The van der Waals surface area contributed by atoms with Crippen LogP contribution in [0.25, 0.3) is 0 Å². The summed E-state index contributed by atoms with van der Waals surface area (Å²) >= 11 is 0. The van der Waals surface area contributed by atoms with Gasteiger partial charge in [0, 0.05) is 19.0 Å². The summed E-state index contributed by atoms with van der Waals surface area (Å²) in [5.74, 6) is 0.796. The van der Waals surface area contributed by atoms with Gasteiger partial charge in [-0.1, -0.05) is 12.2 Å². The van der Waals surface area contributed by atoms with Gasteiger partial charge in [-0.15, -0.1) is 0 Å². The van der Waals surface area contributed by atoms with Crippen molar-refractivity contribution in [1.29, 1.82) is 0 Å². The summed E-state index contributed by atoms with van der Waals surface area (Å²) in [6.07, 6.45) is 5.90. The second kappa shape index (κ2) is 4.28. The molecule has 4 heteroatoms. The van der Waals surface area contributed by atoms with Crippen LogP contribution in [-0.2, 0) is 11.2 Å². The minimum Gasteiger partial charge on any atom is -0.467 e. The summed E-state index contributed by atoms with van der Waals surface area (Å²) in [4.78, 5) is 13.6. The summed E-state index contributed by atoms with van der Waals surface area (Å²) in [6.45, 7) is 6.08. The molecule has 1 amide bonds. The molecule has 1 aliphatic rings. The van der Waals surface area contributed by atoms with Crippen molar-refractivity contribution in [1.82, 2.24) is 0 Å². The SMILES string of the molecule is CC(C)(C)OC(=O)N1CC=CCc2occc21. The van der Waals surface area contributed by atoms with Crippen LogP contribution in [0.1, 0.15) is 26.5 Å². The van der Waals surface area contributed by atoms with Crippen LogP contribution in [0.2, 0.25) is 0 Å². The Balaban J connectivity index is 2.22. The molecule has 0 unspecified atom stereocenters. The summed E-state index contributed by atoms with van der Waals surface area (Å²) in [7, 11) is 0. The van der Waals surface area contributed by atoms with Crippen molar-refractivity contribution in [3.05, 3.63) is 30.2 Å². The fourth-order valence-electron chi connectivity index (χ4n) is 1.69. The lowest BCUT2D eigenvalue weighted by Crippen LogP contribution is -2.36. The van der Waals surface area contributed by atoms with Crippen molar-refractivity contribution in [2.75, 3.05) is 11.4 Å².